The van der Waals surface area contributed by atoms with Gasteiger partial charge in [-0.05, 0) is 31.2 Å². The highest BCUT2D eigenvalue weighted by Gasteiger charge is 1.99. The number of aromatic nitrogens is 1. The largest absolute Gasteiger partial charge is 0.326 e. The maximum absolute atomic E-state index is 10.9. The van der Waals surface area contributed by atoms with Gasteiger partial charge >= 0.3 is 0 Å². The van der Waals surface area contributed by atoms with E-state index >= 15 is 0 Å². The fourth-order valence-corrected chi connectivity index (χ4v) is 1.51. The number of aryl methyl sites for hydroxylation is 1. The number of carbonyl (C=O) groups excluding carboxylic acids is 1. The summed E-state index contributed by atoms with van der Waals surface area (Å²) in [5.41, 5.74) is 2.75. The molecule has 0 fully saturated rings. The van der Waals surface area contributed by atoms with E-state index in [-0.39, 0.29) is 5.91 Å². The molecule has 1 heterocycles. The molecule has 0 aliphatic carbocycles. The number of fused-ring (bicyclic) bond motifs is 1. The van der Waals surface area contributed by atoms with Gasteiger partial charge in [0.15, 0.2) is 0 Å². The molecule has 0 atom stereocenters. The van der Waals surface area contributed by atoms with Gasteiger partial charge in [0.2, 0.25) is 5.91 Å². The average molecular weight is 230 g/mol. The minimum absolute atomic E-state index is 0.0607. The molecule has 17 heavy (non-hydrogen) atoms. The van der Waals surface area contributed by atoms with Crippen LogP contribution < -0.4 is 5.32 Å². The molecule has 0 aliphatic rings. The number of benzene rings is 1. The van der Waals surface area contributed by atoms with Gasteiger partial charge in [0.25, 0.3) is 0 Å². The summed E-state index contributed by atoms with van der Waals surface area (Å²) in [7, 11) is 0. The van der Waals surface area contributed by atoms with E-state index in [0.29, 0.717) is 0 Å². The van der Waals surface area contributed by atoms with Gasteiger partial charge in [-0.2, -0.15) is 0 Å². The summed E-state index contributed by atoms with van der Waals surface area (Å²) >= 11 is 0. The van der Waals surface area contributed by atoms with Crippen LogP contribution in [0.2, 0.25) is 0 Å². The van der Waals surface area contributed by atoms with Crippen LogP contribution in [0.5, 0.6) is 0 Å². The molecule has 3 heteroatoms. The van der Waals surface area contributed by atoms with E-state index < -0.39 is 0 Å². The second-order valence-corrected chi connectivity index (χ2v) is 3.54. The Morgan fingerprint density at radius 1 is 1.18 bits per heavy atom. The van der Waals surface area contributed by atoms with E-state index in [1.165, 1.54) is 6.92 Å². The summed E-state index contributed by atoms with van der Waals surface area (Å²) in [6.07, 6.45) is 0. The number of anilines is 1. The number of carbonyl (C=O) groups is 1. The molecule has 90 valence electrons. The highest BCUT2D eigenvalue weighted by Crippen LogP contribution is 2.17. The summed E-state index contributed by atoms with van der Waals surface area (Å²) in [5.74, 6) is -0.0607. The predicted octanol–water partition coefficient (Wildman–Crippen LogP) is 3.53. The molecule has 3 nitrogen and oxygen atoms in total. The fourth-order valence-electron chi connectivity index (χ4n) is 1.51. The van der Waals surface area contributed by atoms with Crippen LogP contribution in [0.15, 0.2) is 30.3 Å². The topological polar surface area (TPSA) is 42.0 Å². The van der Waals surface area contributed by atoms with Crippen LogP contribution in [0.1, 0.15) is 26.5 Å². The minimum Gasteiger partial charge on any atom is -0.326 e. The molecule has 1 aromatic carbocycles. The second kappa shape index (κ2) is 5.99. The van der Waals surface area contributed by atoms with Gasteiger partial charge in [-0.1, -0.05) is 19.9 Å². The lowest BCUT2D eigenvalue weighted by Gasteiger charge is -2.04. The Bertz CT molecular complexity index is 521. The zero-order valence-corrected chi connectivity index (χ0v) is 10.7. The van der Waals surface area contributed by atoms with Crippen LogP contribution >= 0.6 is 0 Å². The van der Waals surface area contributed by atoms with Gasteiger partial charge in [0.1, 0.15) is 0 Å². The predicted molar refractivity (Wildman–Crippen MR) is 72.1 cm³/mol. The van der Waals surface area contributed by atoms with Crippen molar-refractivity contribution in [1.82, 2.24) is 4.98 Å². The van der Waals surface area contributed by atoms with Crippen molar-refractivity contribution >= 4 is 22.5 Å². The van der Waals surface area contributed by atoms with E-state index in [0.717, 1.165) is 22.3 Å². The third-order valence-corrected chi connectivity index (χ3v) is 2.15. The maximum atomic E-state index is 10.9. The molecule has 1 N–H and O–H groups in total. The van der Waals surface area contributed by atoms with Crippen LogP contribution in [0.25, 0.3) is 10.9 Å². The normalized spacial score (nSPS) is 9.41. The van der Waals surface area contributed by atoms with E-state index in [2.05, 4.69) is 10.3 Å². The summed E-state index contributed by atoms with van der Waals surface area (Å²) in [6.45, 7) is 7.46. The zero-order chi connectivity index (χ0) is 12.8. The van der Waals surface area contributed by atoms with Crippen molar-refractivity contribution in [2.75, 3.05) is 5.32 Å². The maximum Gasteiger partial charge on any atom is 0.221 e. The summed E-state index contributed by atoms with van der Waals surface area (Å²) in [4.78, 5) is 15.3. The Morgan fingerprint density at radius 2 is 1.88 bits per heavy atom. The Morgan fingerprint density at radius 3 is 2.53 bits per heavy atom. The molecule has 1 amide bonds. The first-order valence-electron chi connectivity index (χ1n) is 5.80. The first-order valence-corrected chi connectivity index (χ1v) is 5.80. The smallest absolute Gasteiger partial charge is 0.221 e. The standard InChI is InChI=1S/C12H12N2O.C2H6/c1-8-3-4-10-7-11(14-9(2)15)5-6-12(10)13-8;1-2/h3-7H,1-2H3,(H,14,15);1-2H3. The summed E-state index contributed by atoms with van der Waals surface area (Å²) < 4.78 is 0. The van der Waals surface area contributed by atoms with Crippen molar-refractivity contribution in [2.45, 2.75) is 27.7 Å². The van der Waals surface area contributed by atoms with Crippen molar-refractivity contribution in [3.05, 3.63) is 36.0 Å². The Hall–Kier alpha value is -1.90. The number of nitrogens with one attached hydrogen (secondary N) is 1. The molecule has 1 aromatic heterocycles. The molecule has 2 rings (SSSR count). The average Bonchev–Trinajstić information content (AvgIpc) is 2.31. The van der Waals surface area contributed by atoms with Crippen molar-refractivity contribution in [3.63, 3.8) is 0 Å². The Balaban J connectivity index is 0.000000686. The van der Waals surface area contributed by atoms with Crippen LogP contribution in [0.3, 0.4) is 0 Å². The third kappa shape index (κ3) is 3.55. The highest BCUT2D eigenvalue weighted by molar-refractivity contribution is 5.92. The lowest BCUT2D eigenvalue weighted by Crippen LogP contribution is -2.05. The number of hydrogen-bond acceptors (Lipinski definition) is 2. The van der Waals surface area contributed by atoms with E-state index in [1.54, 1.807) is 0 Å². The molecule has 0 saturated heterocycles. The van der Waals surface area contributed by atoms with Gasteiger partial charge in [0, 0.05) is 23.7 Å². The monoisotopic (exact) mass is 230 g/mol. The second-order valence-electron chi connectivity index (χ2n) is 3.54. The van der Waals surface area contributed by atoms with E-state index in [9.17, 15) is 4.79 Å². The molecule has 0 saturated carbocycles. The minimum atomic E-state index is -0.0607. The number of hydrogen-bond donors (Lipinski definition) is 1. The quantitative estimate of drug-likeness (QED) is 0.814. The number of amides is 1. The lowest BCUT2D eigenvalue weighted by molar-refractivity contribution is -0.114. The molecule has 0 radical (unpaired) electrons. The molecule has 0 aliphatic heterocycles. The lowest BCUT2D eigenvalue weighted by atomic mass is 10.2. The first-order chi connectivity index (χ1) is 8.15. The summed E-state index contributed by atoms with van der Waals surface area (Å²) in [5, 5.41) is 3.78. The van der Waals surface area contributed by atoms with Gasteiger partial charge in [-0.25, -0.2) is 0 Å². The van der Waals surface area contributed by atoms with Gasteiger partial charge in [-0.15, -0.1) is 0 Å². The SMILES string of the molecule is CC.CC(=O)Nc1ccc2nc(C)ccc2c1. The summed E-state index contributed by atoms with van der Waals surface area (Å²) in [6, 6.07) is 9.65. The molecular formula is C14H18N2O. The van der Waals surface area contributed by atoms with Gasteiger partial charge in [-0.3, -0.25) is 9.78 Å². The van der Waals surface area contributed by atoms with Crippen molar-refractivity contribution in [2.24, 2.45) is 0 Å². The Kier molecular flexibility index (Phi) is 4.64. The molecule has 0 spiro atoms. The van der Waals surface area contributed by atoms with Gasteiger partial charge < -0.3 is 5.32 Å². The van der Waals surface area contributed by atoms with E-state index in [4.69, 9.17) is 0 Å². The highest BCUT2D eigenvalue weighted by atomic mass is 16.1. The van der Waals surface area contributed by atoms with E-state index in [1.807, 2.05) is 51.1 Å². The number of nitrogens with zero attached hydrogens (tertiary/aromatic N) is 1. The van der Waals surface area contributed by atoms with Crippen molar-refractivity contribution < 1.29 is 4.79 Å². The van der Waals surface area contributed by atoms with Crippen LogP contribution in [-0.2, 0) is 4.79 Å². The first kappa shape index (κ1) is 13.2. The van der Waals surface area contributed by atoms with Crippen LogP contribution in [-0.4, -0.2) is 10.9 Å². The molecule has 2 aromatic rings. The van der Waals surface area contributed by atoms with Crippen molar-refractivity contribution in [3.8, 4) is 0 Å². The Labute approximate surface area is 102 Å². The zero-order valence-electron chi connectivity index (χ0n) is 10.7. The van der Waals surface area contributed by atoms with Crippen LogP contribution in [0.4, 0.5) is 5.69 Å². The molecule has 0 bridgehead atoms. The molecular weight excluding hydrogens is 212 g/mol. The third-order valence-electron chi connectivity index (χ3n) is 2.15. The fraction of sp³-hybridized carbons (Fsp3) is 0.286. The van der Waals surface area contributed by atoms with Crippen LogP contribution in [0, 0.1) is 6.92 Å². The molecule has 0 unspecified atom stereocenters. The number of pyridine rings is 1. The number of rotatable bonds is 1. The van der Waals surface area contributed by atoms with Gasteiger partial charge in [0.05, 0.1) is 5.52 Å². The van der Waals surface area contributed by atoms with Crippen molar-refractivity contribution in [1.29, 1.82) is 0 Å².